The van der Waals surface area contributed by atoms with Gasteiger partial charge in [0.25, 0.3) is 6.43 Å². The summed E-state index contributed by atoms with van der Waals surface area (Å²) in [7, 11) is -3.53. The third-order valence-corrected chi connectivity index (χ3v) is 4.63. The van der Waals surface area contributed by atoms with Crippen LogP contribution in [0.1, 0.15) is 12.5 Å². The standard InChI is InChI=1S/C12H16F4N2O2S/c1-3-17-6-8-9(13)4-5-10(12(8)16)21(19,20)18(2)7-11(14)15/h4-5,11,17H,3,6-7H2,1-2H3. The van der Waals surface area contributed by atoms with E-state index in [0.29, 0.717) is 10.8 Å². The lowest BCUT2D eigenvalue weighted by Crippen LogP contribution is -2.32. The van der Waals surface area contributed by atoms with Crippen molar-refractivity contribution in [3.8, 4) is 0 Å². The van der Waals surface area contributed by atoms with Crippen molar-refractivity contribution in [2.45, 2.75) is 24.8 Å². The Morgan fingerprint density at radius 1 is 1.29 bits per heavy atom. The summed E-state index contributed by atoms with van der Waals surface area (Å²) < 4.78 is 76.7. The van der Waals surface area contributed by atoms with Gasteiger partial charge in [-0.2, -0.15) is 4.31 Å². The molecule has 0 amide bonds. The van der Waals surface area contributed by atoms with Crippen LogP contribution < -0.4 is 5.32 Å². The number of halogens is 4. The Bertz CT molecular complexity index is 593. The fourth-order valence-corrected chi connectivity index (χ4v) is 2.88. The van der Waals surface area contributed by atoms with Crippen molar-refractivity contribution in [2.24, 2.45) is 0 Å². The van der Waals surface area contributed by atoms with Crippen molar-refractivity contribution in [2.75, 3.05) is 20.1 Å². The minimum Gasteiger partial charge on any atom is -0.313 e. The molecule has 120 valence electrons. The Kier molecular flexibility index (Phi) is 6.11. The second-order valence-electron chi connectivity index (χ2n) is 4.30. The molecule has 0 bridgehead atoms. The lowest BCUT2D eigenvalue weighted by molar-refractivity contribution is 0.126. The average molecular weight is 328 g/mol. The van der Waals surface area contributed by atoms with E-state index in [1.807, 2.05) is 0 Å². The van der Waals surface area contributed by atoms with Crippen LogP contribution in [0.2, 0.25) is 0 Å². The highest BCUT2D eigenvalue weighted by Crippen LogP contribution is 2.23. The van der Waals surface area contributed by atoms with Gasteiger partial charge < -0.3 is 5.32 Å². The zero-order valence-corrected chi connectivity index (χ0v) is 12.4. The molecule has 0 atom stereocenters. The number of hydrogen-bond donors (Lipinski definition) is 1. The quantitative estimate of drug-likeness (QED) is 0.779. The van der Waals surface area contributed by atoms with E-state index in [0.717, 1.165) is 19.2 Å². The summed E-state index contributed by atoms with van der Waals surface area (Å²) in [4.78, 5) is -0.819. The van der Waals surface area contributed by atoms with Crippen LogP contribution in [0.15, 0.2) is 17.0 Å². The fourth-order valence-electron chi connectivity index (χ4n) is 1.65. The molecule has 0 aliphatic rings. The summed E-state index contributed by atoms with van der Waals surface area (Å²) in [6.07, 6.45) is -2.89. The SMILES string of the molecule is CCNCc1c(F)ccc(S(=O)(=O)N(C)CC(F)F)c1F. The minimum absolute atomic E-state index is 0.198. The van der Waals surface area contributed by atoms with Gasteiger partial charge in [0.05, 0.1) is 6.54 Å². The Hall–Kier alpha value is -1.19. The topological polar surface area (TPSA) is 49.4 Å². The Balaban J connectivity index is 3.24. The van der Waals surface area contributed by atoms with E-state index < -0.39 is 45.1 Å². The van der Waals surface area contributed by atoms with Crippen molar-refractivity contribution in [3.05, 3.63) is 29.3 Å². The smallest absolute Gasteiger partial charge is 0.252 e. The van der Waals surface area contributed by atoms with E-state index in [-0.39, 0.29) is 6.54 Å². The summed E-state index contributed by atoms with van der Waals surface area (Å²) in [5.74, 6) is -2.17. The Labute approximate surface area is 120 Å². The van der Waals surface area contributed by atoms with E-state index in [4.69, 9.17) is 0 Å². The van der Waals surface area contributed by atoms with Gasteiger partial charge >= 0.3 is 0 Å². The molecule has 4 nitrogen and oxygen atoms in total. The maximum Gasteiger partial charge on any atom is 0.252 e. The van der Waals surface area contributed by atoms with Crippen molar-refractivity contribution in [1.82, 2.24) is 9.62 Å². The third kappa shape index (κ3) is 4.14. The van der Waals surface area contributed by atoms with E-state index in [9.17, 15) is 26.0 Å². The molecule has 0 aromatic heterocycles. The molecule has 0 saturated heterocycles. The van der Waals surface area contributed by atoms with Crippen molar-refractivity contribution in [1.29, 1.82) is 0 Å². The van der Waals surface area contributed by atoms with Crippen LogP contribution in [-0.2, 0) is 16.6 Å². The molecule has 21 heavy (non-hydrogen) atoms. The van der Waals surface area contributed by atoms with Gasteiger partial charge in [0.1, 0.15) is 10.7 Å². The number of rotatable bonds is 7. The maximum absolute atomic E-state index is 14.2. The van der Waals surface area contributed by atoms with Crippen LogP contribution in [0.25, 0.3) is 0 Å². The molecule has 0 aliphatic carbocycles. The van der Waals surface area contributed by atoms with Gasteiger partial charge in [0, 0.05) is 19.2 Å². The lowest BCUT2D eigenvalue weighted by Gasteiger charge is -2.18. The zero-order chi connectivity index (χ0) is 16.2. The van der Waals surface area contributed by atoms with Crippen LogP contribution in [0.4, 0.5) is 17.6 Å². The zero-order valence-electron chi connectivity index (χ0n) is 11.5. The van der Waals surface area contributed by atoms with Crippen molar-refractivity contribution >= 4 is 10.0 Å². The van der Waals surface area contributed by atoms with Gasteiger partial charge in [-0.05, 0) is 18.7 Å². The monoisotopic (exact) mass is 328 g/mol. The first-order valence-corrected chi connectivity index (χ1v) is 7.57. The summed E-state index contributed by atoms with van der Waals surface area (Å²) in [5.41, 5.74) is -0.441. The highest BCUT2D eigenvalue weighted by Gasteiger charge is 2.28. The molecule has 0 saturated carbocycles. The molecule has 1 rings (SSSR count). The predicted molar refractivity (Wildman–Crippen MR) is 69.6 cm³/mol. The summed E-state index contributed by atoms with van der Waals surface area (Å²) in [5, 5.41) is 2.68. The van der Waals surface area contributed by atoms with Crippen molar-refractivity contribution in [3.63, 3.8) is 0 Å². The second kappa shape index (κ2) is 7.19. The predicted octanol–water partition coefficient (Wildman–Crippen LogP) is 1.96. The molecule has 1 N–H and O–H groups in total. The highest BCUT2D eigenvalue weighted by atomic mass is 32.2. The first kappa shape index (κ1) is 17.9. The molecule has 0 aliphatic heterocycles. The van der Waals surface area contributed by atoms with Crippen LogP contribution >= 0.6 is 0 Å². The maximum atomic E-state index is 14.2. The average Bonchev–Trinajstić information content (AvgIpc) is 2.37. The van der Waals surface area contributed by atoms with Crippen LogP contribution in [-0.4, -0.2) is 39.3 Å². The lowest BCUT2D eigenvalue weighted by atomic mass is 10.2. The van der Waals surface area contributed by atoms with Crippen LogP contribution in [0, 0.1) is 11.6 Å². The number of hydrogen-bond acceptors (Lipinski definition) is 3. The fraction of sp³-hybridized carbons (Fsp3) is 0.500. The molecular formula is C12H16F4N2O2S. The van der Waals surface area contributed by atoms with E-state index >= 15 is 0 Å². The first-order chi connectivity index (χ1) is 9.71. The van der Waals surface area contributed by atoms with E-state index in [2.05, 4.69) is 5.32 Å². The van der Waals surface area contributed by atoms with E-state index in [1.165, 1.54) is 0 Å². The number of nitrogens with zero attached hydrogens (tertiary/aromatic N) is 1. The minimum atomic E-state index is -4.45. The molecule has 0 fully saturated rings. The van der Waals surface area contributed by atoms with Gasteiger partial charge in [-0.15, -0.1) is 0 Å². The first-order valence-electron chi connectivity index (χ1n) is 6.13. The van der Waals surface area contributed by atoms with Gasteiger partial charge in [0.2, 0.25) is 10.0 Å². The van der Waals surface area contributed by atoms with Gasteiger partial charge in [-0.3, -0.25) is 0 Å². The number of nitrogens with one attached hydrogen (secondary N) is 1. The second-order valence-corrected chi connectivity index (χ2v) is 6.31. The summed E-state index contributed by atoms with van der Waals surface area (Å²) in [6, 6.07) is 1.54. The normalized spacial score (nSPS) is 12.4. The number of sulfonamides is 1. The molecule has 1 aromatic rings. The van der Waals surface area contributed by atoms with Crippen molar-refractivity contribution < 1.29 is 26.0 Å². The molecule has 9 heteroatoms. The van der Waals surface area contributed by atoms with E-state index in [1.54, 1.807) is 6.92 Å². The van der Waals surface area contributed by atoms with Crippen LogP contribution in [0.3, 0.4) is 0 Å². The van der Waals surface area contributed by atoms with Gasteiger partial charge in [-0.1, -0.05) is 6.92 Å². The van der Waals surface area contributed by atoms with Gasteiger partial charge in [-0.25, -0.2) is 26.0 Å². The molecule has 0 heterocycles. The number of alkyl halides is 2. The number of benzene rings is 1. The Morgan fingerprint density at radius 2 is 1.90 bits per heavy atom. The molecule has 0 unspecified atom stereocenters. The molecular weight excluding hydrogens is 312 g/mol. The highest BCUT2D eigenvalue weighted by molar-refractivity contribution is 7.89. The molecule has 0 radical (unpaired) electrons. The Morgan fingerprint density at radius 3 is 2.43 bits per heavy atom. The molecule has 0 spiro atoms. The summed E-state index contributed by atoms with van der Waals surface area (Å²) in [6.45, 7) is 0.881. The molecule has 1 aromatic carbocycles. The van der Waals surface area contributed by atoms with Gasteiger partial charge in [0.15, 0.2) is 5.82 Å². The third-order valence-electron chi connectivity index (χ3n) is 2.79. The largest absolute Gasteiger partial charge is 0.313 e. The van der Waals surface area contributed by atoms with Crippen LogP contribution in [0.5, 0.6) is 0 Å². The summed E-state index contributed by atoms with van der Waals surface area (Å²) >= 11 is 0.